The predicted octanol–water partition coefficient (Wildman–Crippen LogP) is 3.22. The fourth-order valence-corrected chi connectivity index (χ4v) is 3.59. The number of hydrogen-bond donors (Lipinski definition) is 0. The molecule has 1 aliphatic rings. The molecule has 172 valence electrons. The van der Waals surface area contributed by atoms with Crippen LogP contribution in [0.3, 0.4) is 0 Å². The predicted molar refractivity (Wildman–Crippen MR) is 113 cm³/mol. The fourth-order valence-electron chi connectivity index (χ4n) is 3.59. The second kappa shape index (κ2) is 10.8. The summed E-state index contributed by atoms with van der Waals surface area (Å²) in [6, 6.07) is 11.4. The fraction of sp³-hybridized carbons (Fsp3) is 0.391. The number of rotatable bonds is 8. The molecule has 0 saturated carbocycles. The number of nitrogens with zero attached hydrogens (tertiary/aromatic N) is 2. The topological polar surface area (TPSA) is 68.3 Å². The molecule has 0 radical (unpaired) electrons. The first-order valence-electron chi connectivity index (χ1n) is 10.2. The van der Waals surface area contributed by atoms with Crippen LogP contribution in [-0.2, 0) is 11.2 Å². The number of ether oxygens (including phenoxy) is 3. The summed E-state index contributed by atoms with van der Waals surface area (Å²) in [5.74, 6) is 0.766. The van der Waals surface area contributed by atoms with Crippen molar-refractivity contribution in [1.29, 1.82) is 0 Å². The molecular formula is C23H26F2N2O5. The van der Waals surface area contributed by atoms with Gasteiger partial charge < -0.3 is 24.0 Å². The van der Waals surface area contributed by atoms with Crippen LogP contribution in [0.4, 0.5) is 8.78 Å². The molecule has 0 atom stereocenters. The van der Waals surface area contributed by atoms with Crippen LogP contribution >= 0.6 is 0 Å². The van der Waals surface area contributed by atoms with Crippen LogP contribution in [0.15, 0.2) is 42.5 Å². The van der Waals surface area contributed by atoms with Gasteiger partial charge in [0.1, 0.15) is 17.2 Å². The molecule has 2 aromatic rings. The van der Waals surface area contributed by atoms with Crippen LogP contribution in [0.1, 0.15) is 22.3 Å². The highest BCUT2D eigenvalue weighted by Gasteiger charge is 2.26. The van der Waals surface area contributed by atoms with Crippen molar-refractivity contribution < 1.29 is 32.6 Å². The smallest absolute Gasteiger partial charge is 0.387 e. The summed E-state index contributed by atoms with van der Waals surface area (Å²) in [7, 11) is 3.14. The van der Waals surface area contributed by atoms with Crippen LogP contribution in [0.5, 0.6) is 17.2 Å². The van der Waals surface area contributed by atoms with Crippen molar-refractivity contribution in [2.75, 3.05) is 40.4 Å². The molecule has 7 nitrogen and oxygen atoms in total. The molecule has 0 bridgehead atoms. The van der Waals surface area contributed by atoms with Gasteiger partial charge in [-0.05, 0) is 36.2 Å². The number of amides is 2. The van der Waals surface area contributed by atoms with Crippen LogP contribution < -0.4 is 14.2 Å². The molecule has 0 N–H and O–H groups in total. The van der Waals surface area contributed by atoms with E-state index >= 15 is 0 Å². The maximum Gasteiger partial charge on any atom is 0.387 e. The van der Waals surface area contributed by atoms with Crippen LogP contribution in [-0.4, -0.2) is 68.6 Å². The van der Waals surface area contributed by atoms with Gasteiger partial charge in [0.25, 0.3) is 5.91 Å². The van der Waals surface area contributed by atoms with Crippen LogP contribution in [0, 0.1) is 0 Å². The Morgan fingerprint density at radius 3 is 2.12 bits per heavy atom. The summed E-state index contributed by atoms with van der Waals surface area (Å²) in [4.78, 5) is 28.7. The third kappa shape index (κ3) is 5.87. The van der Waals surface area contributed by atoms with E-state index in [0.717, 1.165) is 5.56 Å². The number of para-hydroxylation sites is 1. The molecule has 1 heterocycles. The first kappa shape index (κ1) is 23.3. The number of aryl methyl sites for hydroxylation is 1. The number of carbonyl (C=O) groups excluding carboxylic acids is 2. The average molecular weight is 448 g/mol. The number of hydrogen-bond acceptors (Lipinski definition) is 5. The second-order valence-corrected chi connectivity index (χ2v) is 7.27. The average Bonchev–Trinajstić information content (AvgIpc) is 2.81. The van der Waals surface area contributed by atoms with E-state index in [1.807, 2.05) is 12.1 Å². The lowest BCUT2D eigenvalue weighted by Crippen LogP contribution is -2.50. The van der Waals surface area contributed by atoms with Gasteiger partial charge in [0.2, 0.25) is 5.91 Å². The largest absolute Gasteiger partial charge is 0.497 e. The zero-order chi connectivity index (χ0) is 23.1. The Balaban J connectivity index is 1.55. The minimum Gasteiger partial charge on any atom is -0.497 e. The lowest BCUT2D eigenvalue weighted by molar-refractivity contribution is -0.132. The van der Waals surface area contributed by atoms with E-state index in [-0.39, 0.29) is 17.2 Å². The van der Waals surface area contributed by atoms with Crippen molar-refractivity contribution in [3.8, 4) is 17.2 Å². The summed E-state index contributed by atoms with van der Waals surface area (Å²) in [6.07, 6.45) is 0.846. The van der Waals surface area contributed by atoms with Gasteiger partial charge in [0.15, 0.2) is 0 Å². The summed E-state index contributed by atoms with van der Waals surface area (Å²) < 4.78 is 40.2. The molecule has 1 fully saturated rings. The molecule has 0 aromatic heterocycles. The monoisotopic (exact) mass is 448 g/mol. The van der Waals surface area contributed by atoms with E-state index < -0.39 is 12.5 Å². The normalized spacial score (nSPS) is 13.8. The minimum atomic E-state index is -3.01. The molecule has 2 amide bonds. The highest BCUT2D eigenvalue weighted by Crippen LogP contribution is 2.24. The van der Waals surface area contributed by atoms with Gasteiger partial charge in [-0.2, -0.15) is 8.78 Å². The Labute approximate surface area is 185 Å². The number of halogens is 2. The molecule has 32 heavy (non-hydrogen) atoms. The maximum absolute atomic E-state index is 12.8. The van der Waals surface area contributed by atoms with E-state index in [0.29, 0.717) is 50.5 Å². The molecular weight excluding hydrogens is 422 g/mol. The maximum atomic E-state index is 12.8. The summed E-state index contributed by atoms with van der Waals surface area (Å²) in [5, 5.41) is 0. The number of piperazine rings is 1. The van der Waals surface area contributed by atoms with E-state index in [4.69, 9.17) is 9.47 Å². The highest BCUT2D eigenvalue weighted by atomic mass is 19.3. The van der Waals surface area contributed by atoms with Crippen molar-refractivity contribution in [3.63, 3.8) is 0 Å². The number of benzene rings is 2. The first-order valence-corrected chi connectivity index (χ1v) is 10.2. The zero-order valence-electron chi connectivity index (χ0n) is 18.1. The lowest BCUT2D eigenvalue weighted by Gasteiger charge is -2.35. The van der Waals surface area contributed by atoms with Crippen LogP contribution in [0.25, 0.3) is 0 Å². The van der Waals surface area contributed by atoms with E-state index in [1.54, 1.807) is 36.2 Å². The number of methoxy groups -OCH3 is 2. The molecule has 3 rings (SSSR count). The summed E-state index contributed by atoms with van der Waals surface area (Å²) >= 11 is 0. The number of carbonyl (C=O) groups is 2. The van der Waals surface area contributed by atoms with Gasteiger partial charge >= 0.3 is 6.61 Å². The van der Waals surface area contributed by atoms with Gasteiger partial charge in [0, 0.05) is 38.7 Å². The van der Waals surface area contributed by atoms with Gasteiger partial charge in [-0.15, -0.1) is 0 Å². The third-order valence-electron chi connectivity index (χ3n) is 5.29. The van der Waals surface area contributed by atoms with Crippen molar-refractivity contribution in [2.45, 2.75) is 19.5 Å². The summed E-state index contributed by atoms with van der Waals surface area (Å²) in [5.41, 5.74) is 1.01. The Bertz CT molecular complexity index is 923. The standard InChI is InChI=1S/C23H26F2N2O5/c1-30-17-13-16(14-18(15-17)31-2)7-8-21(28)26-9-11-27(12-10-26)22(29)19-5-3-4-6-20(19)32-23(24)25/h3-6,13-15,23H,7-12H2,1-2H3. The molecule has 1 saturated heterocycles. The second-order valence-electron chi connectivity index (χ2n) is 7.27. The molecule has 0 unspecified atom stereocenters. The third-order valence-corrected chi connectivity index (χ3v) is 5.29. The summed E-state index contributed by atoms with van der Waals surface area (Å²) in [6.45, 7) is -1.61. The van der Waals surface area contributed by atoms with Gasteiger partial charge in [0.05, 0.1) is 19.8 Å². The van der Waals surface area contributed by atoms with Crippen molar-refractivity contribution in [3.05, 3.63) is 53.6 Å². The number of alkyl halides is 2. The molecule has 9 heteroatoms. The Hall–Kier alpha value is -3.36. The molecule has 2 aromatic carbocycles. The SMILES string of the molecule is COc1cc(CCC(=O)N2CCN(C(=O)c3ccccc3OC(F)F)CC2)cc(OC)c1. The van der Waals surface area contributed by atoms with E-state index in [9.17, 15) is 18.4 Å². The minimum absolute atomic E-state index is 0.0136. The lowest BCUT2D eigenvalue weighted by atomic mass is 10.1. The van der Waals surface area contributed by atoms with Crippen LogP contribution in [0.2, 0.25) is 0 Å². The molecule has 0 spiro atoms. The molecule has 1 aliphatic heterocycles. The Kier molecular flexibility index (Phi) is 7.86. The van der Waals surface area contributed by atoms with E-state index in [1.165, 1.54) is 18.2 Å². The van der Waals surface area contributed by atoms with E-state index in [2.05, 4.69) is 4.74 Å². The van der Waals surface area contributed by atoms with Crippen molar-refractivity contribution in [2.24, 2.45) is 0 Å². The zero-order valence-corrected chi connectivity index (χ0v) is 18.1. The first-order chi connectivity index (χ1) is 15.4. The van der Waals surface area contributed by atoms with Gasteiger partial charge in [-0.1, -0.05) is 12.1 Å². The Morgan fingerprint density at radius 2 is 1.53 bits per heavy atom. The Morgan fingerprint density at radius 1 is 0.938 bits per heavy atom. The van der Waals surface area contributed by atoms with Gasteiger partial charge in [-0.3, -0.25) is 9.59 Å². The molecule has 0 aliphatic carbocycles. The van der Waals surface area contributed by atoms with Gasteiger partial charge in [-0.25, -0.2) is 0 Å². The van der Waals surface area contributed by atoms with Crippen molar-refractivity contribution >= 4 is 11.8 Å². The van der Waals surface area contributed by atoms with Crippen molar-refractivity contribution in [1.82, 2.24) is 9.80 Å². The quantitative estimate of drug-likeness (QED) is 0.620. The highest BCUT2D eigenvalue weighted by molar-refractivity contribution is 5.97.